The van der Waals surface area contributed by atoms with Gasteiger partial charge < -0.3 is 15.2 Å². The van der Waals surface area contributed by atoms with E-state index in [1.807, 2.05) is 6.07 Å². The molecule has 144 valence electrons. The zero-order valence-electron chi connectivity index (χ0n) is 15.7. The van der Waals surface area contributed by atoms with E-state index < -0.39 is 0 Å². The standard InChI is InChI=1S/C19H29N5S.HI/c1-3-20-19(22-14-16-8-6-13-25-16)21-11-7-12-24-15(2)23-17-9-4-5-10-18(17)24;/h4-5,9-10,16H,3,6-8,11-14H2,1-2H3,(H2,20,21,22);1H. The number of hydrogen-bond donors (Lipinski definition) is 2. The molecule has 0 radical (unpaired) electrons. The number of nitrogens with zero attached hydrogens (tertiary/aromatic N) is 3. The zero-order chi connectivity index (χ0) is 17.5. The molecule has 0 spiro atoms. The highest BCUT2D eigenvalue weighted by Crippen LogP contribution is 2.26. The fourth-order valence-electron chi connectivity index (χ4n) is 3.25. The van der Waals surface area contributed by atoms with E-state index >= 15 is 0 Å². The minimum atomic E-state index is 0. The quantitative estimate of drug-likeness (QED) is 0.270. The first-order valence-corrected chi connectivity index (χ1v) is 10.4. The number of imidazole rings is 1. The van der Waals surface area contributed by atoms with E-state index in [0.717, 1.165) is 49.9 Å². The van der Waals surface area contributed by atoms with Crippen LogP contribution in [0.5, 0.6) is 0 Å². The third-order valence-electron chi connectivity index (χ3n) is 4.52. The summed E-state index contributed by atoms with van der Waals surface area (Å²) in [4.78, 5) is 9.39. The summed E-state index contributed by atoms with van der Waals surface area (Å²) in [7, 11) is 0. The molecular weight excluding hydrogens is 457 g/mol. The normalized spacial score (nSPS) is 17.3. The van der Waals surface area contributed by atoms with E-state index in [1.54, 1.807) is 0 Å². The molecule has 1 unspecified atom stereocenters. The molecule has 0 aliphatic carbocycles. The summed E-state index contributed by atoms with van der Waals surface area (Å²) in [6.07, 6.45) is 3.69. The monoisotopic (exact) mass is 487 g/mol. The molecule has 1 saturated heterocycles. The van der Waals surface area contributed by atoms with E-state index in [9.17, 15) is 0 Å². The highest BCUT2D eigenvalue weighted by atomic mass is 127. The Balaban J connectivity index is 0.00000243. The third-order valence-corrected chi connectivity index (χ3v) is 5.90. The number of aromatic nitrogens is 2. The molecule has 1 aromatic heterocycles. The fraction of sp³-hybridized carbons (Fsp3) is 0.579. The number of aliphatic imine (C=N–C) groups is 1. The Kier molecular flexibility index (Phi) is 9.04. The van der Waals surface area contributed by atoms with Gasteiger partial charge >= 0.3 is 0 Å². The average molecular weight is 487 g/mol. The number of nitrogens with one attached hydrogen (secondary N) is 2. The van der Waals surface area contributed by atoms with Gasteiger partial charge in [-0.2, -0.15) is 11.8 Å². The first-order chi connectivity index (χ1) is 12.3. The van der Waals surface area contributed by atoms with Crippen LogP contribution < -0.4 is 10.6 Å². The van der Waals surface area contributed by atoms with Crippen LogP contribution in [0.15, 0.2) is 29.3 Å². The summed E-state index contributed by atoms with van der Waals surface area (Å²) in [5, 5.41) is 7.53. The Morgan fingerprint density at radius 3 is 2.96 bits per heavy atom. The van der Waals surface area contributed by atoms with Crippen molar-refractivity contribution in [2.75, 3.05) is 25.4 Å². The molecular formula is C19H30IN5S. The zero-order valence-corrected chi connectivity index (χ0v) is 18.8. The lowest BCUT2D eigenvalue weighted by atomic mass is 10.2. The van der Waals surface area contributed by atoms with Crippen molar-refractivity contribution in [3.8, 4) is 0 Å². The Morgan fingerprint density at radius 2 is 2.19 bits per heavy atom. The number of para-hydroxylation sites is 2. The van der Waals surface area contributed by atoms with Crippen LogP contribution in [0.2, 0.25) is 0 Å². The molecule has 1 aromatic carbocycles. The number of hydrogen-bond acceptors (Lipinski definition) is 3. The molecule has 2 aromatic rings. The molecule has 0 bridgehead atoms. The molecule has 7 heteroatoms. The van der Waals surface area contributed by atoms with Crippen molar-refractivity contribution in [2.24, 2.45) is 4.99 Å². The van der Waals surface area contributed by atoms with Crippen LogP contribution in [0.4, 0.5) is 0 Å². The summed E-state index contributed by atoms with van der Waals surface area (Å²) in [6.45, 7) is 7.90. The molecule has 1 atom stereocenters. The lowest BCUT2D eigenvalue weighted by Gasteiger charge is -2.13. The number of guanidine groups is 1. The van der Waals surface area contributed by atoms with Crippen molar-refractivity contribution in [1.29, 1.82) is 0 Å². The molecule has 0 saturated carbocycles. The van der Waals surface area contributed by atoms with Crippen LogP contribution in [0.3, 0.4) is 0 Å². The number of thioether (sulfide) groups is 1. The van der Waals surface area contributed by atoms with Crippen molar-refractivity contribution in [2.45, 2.75) is 44.9 Å². The smallest absolute Gasteiger partial charge is 0.191 e. The number of aryl methyl sites for hydroxylation is 2. The van der Waals surface area contributed by atoms with Gasteiger partial charge in [0, 0.05) is 24.9 Å². The average Bonchev–Trinajstić information content (AvgIpc) is 3.24. The second kappa shape index (κ2) is 11.0. The van der Waals surface area contributed by atoms with Gasteiger partial charge in [0.1, 0.15) is 5.82 Å². The highest BCUT2D eigenvalue weighted by Gasteiger charge is 2.15. The molecule has 1 aliphatic heterocycles. The van der Waals surface area contributed by atoms with Crippen LogP contribution in [0, 0.1) is 6.92 Å². The minimum absolute atomic E-state index is 0. The number of benzene rings is 1. The topological polar surface area (TPSA) is 54.2 Å². The minimum Gasteiger partial charge on any atom is -0.357 e. The molecule has 0 amide bonds. The van der Waals surface area contributed by atoms with Crippen molar-refractivity contribution in [3.05, 3.63) is 30.1 Å². The van der Waals surface area contributed by atoms with Crippen molar-refractivity contribution < 1.29 is 0 Å². The van der Waals surface area contributed by atoms with Gasteiger partial charge in [-0.3, -0.25) is 4.99 Å². The van der Waals surface area contributed by atoms with Gasteiger partial charge in [0.2, 0.25) is 0 Å². The van der Waals surface area contributed by atoms with Crippen LogP contribution in [-0.4, -0.2) is 46.1 Å². The Morgan fingerprint density at radius 1 is 1.35 bits per heavy atom. The van der Waals surface area contributed by atoms with E-state index in [-0.39, 0.29) is 24.0 Å². The van der Waals surface area contributed by atoms with E-state index in [2.05, 4.69) is 64.0 Å². The maximum atomic E-state index is 4.75. The second-order valence-electron chi connectivity index (χ2n) is 6.43. The number of halogens is 1. The van der Waals surface area contributed by atoms with Crippen LogP contribution in [0.25, 0.3) is 11.0 Å². The molecule has 1 fully saturated rings. The predicted molar refractivity (Wildman–Crippen MR) is 124 cm³/mol. The van der Waals surface area contributed by atoms with Crippen LogP contribution >= 0.6 is 35.7 Å². The SMILES string of the molecule is CCNC(=NCC1CCCS1)NCCCn1c(C)nc2ccccc21.I. The molecule has 2 N–H and O–H groups in total. The van der Waals surface area contributed by atoms with Gasteiger partial charge in [0.25, 0.3) is 0 Å². The molecule has 1 aliphatic rings. The summed E-state index contributed by atoms with van der Waals surface area (Å²) in [5.74, 6) is 3.32. The third kappa shape index (κ3) is 5.77. The van der Waals surface area contributed by atoms with Crippen molar-refractivity contribution in [1.82, 2.24) is 20.2 Å². The number of rotatable bonds is 7. The lowest BCUT2D eigenvalue weighted by Crippen LogP contribution is -2.38. The first kappa shape index (κ1) is 21.3. The van der Waals surface area contributed by atoms with E-state index in [4.69, 9.17) is 4.99 Å². The molecule has 3 rings (SSSR count). The maximum absolute atomic E-state index is 4.75. The summed E-state index contributed by atoms with van der Waals surface area (Å²) >= 11 is 2.06. The van der Waals surface area contributed by atoms with Crippen LogP contribution in [0.1, 0.15) is 32.0 Å². The summed E-state index contributed by atoms with van der Waals surface area (Å²) in [6, 6.07) is 8.35. The first-order valence-electron chi connectivity index (χ1n) is 9.33. The summed E-state index contributed by atoms with van der Waals surface area (Å²) in [5.41, 5.74) is 2.30. The van der Waals surface area contributed by atoms with E-state index in [0.29, 0.717) is 5.25 Å². The highest BCUT2D eigenvalue weighted by molar-refractivity contribution is 14.0. The van der Waals surface area contributed by atoms with Gasteiger partial charge in [-0.05, 0) is 51.0 Å². The molecule has 5 nitrogen and oxygen atoms in total. The Labute approximate surface area is 177 Å². The summed E-state index contributed by atoms with van der Waals surface area (Å²) < 4.78 is 2.30. The Bertz CT molecular complexity index is 709. The van der Waals surface area contributed by atoms with E-state index in [1.165, 1.54) is 24.1 Å². The van der Waals surface area contributed by atoms with Crippen molar-refractivity contribution in [3.63, 3.8) is 0 Å². The number of fused-ring (bicyclic) bond motifs is 1. The fourth-order valence-corrected chi connectivity index (χ4v) is 4.43. The Hall–Kier alpha value is -0.960. The molecule has 26 heavy (non-hydrogen) atoms. The molecule has 2 heterocycles. The van der Waals surface area contributed by atoms with Crippen LogP contribution in [-0.2, 0) is 6.54 Å². The van der Waals surface area contributed by atoms with Crippen molar-refractivity contribution >= 4 is 52.7 Å². The van der Waals surface area contributed by atoms with Gasteiger partial charge in [0.05, 0.1) is 17.6 Å². The van der Waals surface area contributed by atoms with Gasteiger partial charge in [0.15, 0.2) is 5.96 Å². The second-order valence-corrected chi connectivity index (χ2v) is 7.84. The lowest BCUT2D eigenvalue weighted by molar-refractivity contribution is 0.624. The van der Waals surface area contributed by atoms with Gasteiger partial charge in [-0.15, -0.1) is 24.0 Å². The maximum Gasteiger partial charge on any atom is 0.191 e. The predicted octanol–water partition coefficient (Wildman–Crippen LogP) is 3.80. The largest absolute Gasteiger partial charge is 0.357 e. The van der Waals surface area contributed by atoms with Gasteiger partial charge in [-0.25, -0.2) is 4.98 Å². The van der Waals surface area contributed by atoms with Gasteiger partial charge in [-0.1, -0.05) is 12.1 Å².